The standard InChI is InChI=1S/C17H24N2O/c1-13-3-4-16(14(2)11-13)5-6-17(20)19-12-15-7-9-18-10-8-15/h3-4,7,11,18H,5-6,8-10,12H2,1-2H3,(H,19,20). The highest BCUT2D eigenvalue weighted by molar-refractivity contribution is 5.76. The van der Waals surface area contributed by atoms with Crippen LogP contribution in [0.1, 0.15) is 29.5 Å². The van der Waals surface area contributed by atoms with E-state index in [-0.39, 0.29) is 5.91 Å². The number of rotatable bonds is 5. The molecule has 3 nitrogen and oxygen atoms in total. The van der Waals surface area contributed by atoms with Gasteiger partial charge in [-0.3, -0.25) is 4.79 Å². The maximum Gasteiger partial charge on any atom is 0.220 e. The molecular formula is C17H24N2O. The predicted octanol–water partition coefficient (Wildman–Crippen LogP) is 2.27. The fraction of sp³-hybridized carbons (Fsp3) is 0.471. The highest BCUT2D eigenvalue weighted by atomic mass is 16.1. The molecule has 1 heterocycles. The highest BCUT2D eigenvalue weighted by Gasteiger charge is 2.07. The molecule has 1 aromatic rings. The van der Waals surface area contributed by atoms with Crippen LogP contribution in [-0.2, 0) is 11.2 Å². The second-order valence-corrected chi connectivity index (χ2v) is 5.52. The van der Waals surface area contributed by atoms with Crippen molar-refractivity contribution >= 4 is 5.91 Å². The SMILES string of the molecule is Cc1ccc(CCC(=O)NCC2=CCNCC2)c(C)c1. The van der Waals surface area contributed by atoms with Gasteiger partial charge >= 0.3 is 0 Å². The molecule has 2 N–H and O–H groups in total. The Balaban J connectivity index is 1.75. The summed E-state index contributed by atoms with van der Waals surface area (Å²) < 4.78 is 0. The van der Waals surface area contributed by atoms with Crippen molar-refractivity contribution in [3.05, 3.63) is 46.5 Å². The second-order valence-electron chi connectivity index (χ2n) is 5.52. The summed E-state index contributed by atoms with van der Waals surface area (Å²) in [7, 11) is 0. The largest absolute Gasteiger partial charge is 0.352 e. The van der Waals surface area contributed by atoms with Crippen molar-refractivity contribution in [3.63, 3.8) is 0 Å². The Morgan fingerprint density at radius 1 is 1.35 bits per heavy atom. The molecule has 0 saturated heterocycles. The first-order chi connectivity index (χ1) is 9.65. The first-order valence-electron chi connectivity index (χ1n) is 7.36. The van der Waals surface area contributed by atoms with Crippen LogP contribution in [0.4, 0.5) is 0 Å². The van der Waals surface area contributed by atoms with Gasteiger partial charge in [0.05, 0.1) is 0 Å². The molecule has 1 aromatic carbocycles. The third kappa shape index (κ3) is 4.49. The molecule has 0 unspecified atom stereocenters. The number of carbonyl (C=O) groups is 1. The number of amides is 1. The molecule has 0 saturated carbocycles. The first-order valence-corrected chi connectivity index (χ1v) is 7.36. The lowest BCUT2D eigenvalue weighted by Gasteiger charge is -2.14. The second kappa shape index (κ2) is 7.25. The van der Waals surface area contributed by atoms with Gasteiger partial charge in [-0.15, -0.1) is 0 Å². The van der Waals surface area contributed by atoms with Gasteiger partial charge in [0, 0.05) is 19.5 Å². The van der Waals surface area contributed by atoms with Crippen LogP contribution in [0.3, 0.4) is 0 Å². The van der Waals surface area contributed by atoms with Crippen molar-refractivity contribution in [2.75, 3.05) is 19.6 Å². The zero-order valence-electron chi connectivity index (χ0n) is 12.5. The van der Waals surface area contributed by atoms with Gasteiger partial charge in [0.2, 0.25) is 5.91 Å². The molecule has 108 valence electrons. The summed E-state index contributed by atoms with van der Waals surface area (Å²) in [6.45, 7) is 6.85. The third-order valence-electron chi connectivity index (χ3n) is 3.79. The predicted molar refractivity (Wildman–Crippen MR) is 82.8 cm³/mol. The molecule has 0 bridgehead atoms. The Kier molecular flexibility index (Phi) is 5.36. The molecule has 0 radical (unpaired) electrons. The molecule has 0 aromatic heterocycles. The summed E-state index contributed by atoms with van der Waals surface area (Å²) >= 11 is 0. The molecule has 1 aliphatic heterocycles. The molecule has 0 fully saturated rings. The van der Waals surface area contributed by atoms with E-state index in [1.54, 1.807) is 0 Å². The first kappa shape index (κ1) is 14.8. The lowest BCUT2D eigenvalue weighted by Crippen LogP contribution is -2.29. The van der Waals surface area contributed by atoms with Crippen molar-refractivity contribution in [2.45, 2.75) is 33.1 Å². The van der Waals surface area contributed by atoms with Crippen LogP contribution >= 0.6 is 0 Å². The Morgan fingerprint density at radius 2 is 2.20 bits per heavy atom. The Morgan fingerprint density at radius 3 is 2.90 bits per heavy atom. The summed E-state index contributed by atoms with van der Waals surface area (Å²) in [4.78, 5) is 11.9. The summed E-state index contributed by atoms with van der Waals surface area (Å²) in [6, 6.07) is 6.42. The molecule has 1 aliphatic rings. The number of hydrogen-bond donors (Lipinski definition) is 2. The van der Waals surface area contributed by atoms with Crippen LogP contribution in [0, 0.1) is 13.8 Å². The Hall–Kier alpha value is -1.61. The molecule has 0 spiro atoms. The van der Waals surface area contributed by atoms with Crippen molar-refractivity contribution in [2.24, 2.45) is 0 Å². The minimum atomic E-state index is 0.143. The third-order valence-corrected chi connectivity index (χ3v) is 3.79. The van der Waals surface area contributed by atoms with E-state index in [2.05, 4.69) is 48.8 Å². The number of nitrogens with one attached hydrogen (secondary N) is 2. The molecule has 0 aliphatic carbocycles. The van der Waals surface area contributed by atoms with E-state index in [9.17, 15) is 4.79 Å². The maximum absolute atomic E-state index is 11.9. The lowest BCUT2D eigenvalue weighted by atomic mass is 10.0. The Labute approximate surface area is 121 Å². The number of benzene rings is 1. The van der Waals surface area contributed by atoms with Gasteiger partial charge in [-0.2, -0.15) is 0 Å². The molecule has 2 rings (SSSR count). The van der Waals surface area contributed by atoms with Crippen molar-refractivity contribution in [1.82, 2.24) is 10.6 Å². The van der Waals surface area contributed by atoms with E-state index in [0.29, 0.717) is 13.0 Å². The van der Waals surface area contributed by atoms with Crippen molar-refractivity contribution < 1.29 is 4.79 Å². The molecule has 20 heavy (non-hydrogen) atoms. The minimum Gasteiger partial charge on any atom is -0.352 e. The van der Waals surface area contributed by atoms with E-state index >= 15 is 0 Å². The molecule has 1 amide bonds. The fourth-order valence-corrected chi connectivity index (χ4v) is 2.51. The smallest absolute Gasteiger partial charge is 0.220 e. The zero-order chi connectivity index (χ0) is 14.4. The van der Waals surface area contributed by atoms with Gasteiger partial charge in [-0.05, 0) is 44.4 Å². The molecular weight excluding hydrogens is 248 g/mol. The topological polar surface area (TPSA) is 41.1 Å². The van der Waals surface area contributed by atoms with Gasteiger partial charge in [-0.1, -0.05) is 35.4 Å². The van der Waals surface area contributed by atoms with Crippen LogP contribution in [0.5, 0.6) is 0 Å². The summed E-state index contributed by atoms with van der Waals surface area (Å²) in [6.07, 6.45) is 4.60. The molecule has 0 atom stereocenters. The van der Waals surface area contributed by atoms with Crippen LogP contribution in [0.2, 0.25) is 0 Å². The number of aryl methyl sites for hydroxylation is 3. The fourth-order valence-electron chi connectivity index (χ4n) is 2.51. The zero-order valence-corrected chi connectivity index (χ0v) is 12.5. The van der Waals surface area contributed by atoms with Gasteiger partial charge in [0.1, 0.15) is 0 Å². The van der Waals surface area contributed by atoms with Gasteiger partial charge in [0.15, 0.2) is 0 Å². The van der Waals surface area contributed by atoms with Crippen molar-refractivity contribution in [1.29, 1.82) is 0 Å². The summed E-state index contributed by atoms with van der Waals surface area (Å²) in [5, 5.41) is 6.29. The van der Waals surface area contributed by atoms with Gasteiger partial charge in [-0.25, -0.2) is 0 Å². The summed E-state index contributed by atoms with van der Waals surface area (Å²) in [5.74, 6) is 0.143. The van der Waals surface area contributed by atoms with Crippen molar-refractivity contribution in [3.8, 4) is 0 Å². The van der Waals surface area contributed by atoms with Crippen LogP contribution in [0.25, 0.3) is 0 Å². The highest BCUT2D eigenvalue weighted by Crippen LogP contribution is 2.12. The quantitative estimate of drug-likeness (QED) is 0.807. The van der Waals surface area contributed by atoms with Crippen LogP contribution in [-0.4, -0.2) is 25.5 Å². The van der Waals surface area contributed by atoms with E-state index in [1.165, 1.54) is 22.3 Å². The monoisotopic (exact) mass is 272 g/mol. The lowest BCUT2D eigenvalue weighted by molar-refractivity contribution is -0.120. The van der Waals surface area contributed by atoms with E-state index in [1.807, 2.05) is 0 Å². The number of hydrogen-bond acceptors (Lipinski definition) is 2. The maximum atomic E-state index is 11.9. The van der Waals surface area contributed by atoms with E-state index in [0.717, 1.165) is 25.9 Å². The molecule has 3 heteroatoms. The average Bonchev–Trinajstić information content (AvgIpc) is 2.45. The normalized spacial score (nSPS) is 14.8. The minimum absolute atomic E-state index is 0.143. The van der Waals surface area contributed by atoms with Crippen LogP contribution in [0.15, 0.2) is 29.8 Å². The Bertz CT molecular complexity index is 506. The van der Waals surface area contributed by atoms with E-state index in [4.69, 9.17) is 0 Å². The van der Waals surface area contributed by atoms with Gasteiger partial charge < -0.3 is 10.6 Å². The summed E-state index contributed by atoms with van der Waals surface area (Å²) in [5.41, 5.74) is 5.16. The van der Waals surface area contributed by atoms with E-state index < -0.39 is 0 Å². The average molecular weight is 272 g/mol. The number of carbonyl (C=O) groups excluding carboxylic acids is 1. The van der Waals surface area contributed by atoms with Crippen LogP contribution < -0.4 is 10.6 Å². The van der Waals surface area contributed by atoms with Gasteiger partial charge in [0.25, 0.3) is 0 Å².